The summed E-state index contributed by atoms with van der Waals surface area (Å²) < 4.78 is 32.6. The van der Waals surface area contributed by atoms with Crippen LogP contribution in [0.1, 0.15) is 25.0 Å². The second kappa shape index (κ2) is 8.58. The van der Waals surface area contributed by atoms with Gasteiger partial charge < -0.3 is 10.1 Å². The first kappa shape index (κ1) is 20.1. The first-order valence-electron chi connectivity index (χ1n) is 9.12. The fourth-order valence-electron chi connectivity index (χ4n) is 2.76. The molecular formula is C21H24N2O4S. The van der Waals surface area contributed by atoms with Crippen LogP contribution in [-0.2, 0) is 20.6 Å². The molecule has 0 saturated heterocycles. The Kier molecular flexibility index (Phi) is 6.16. The maximum absolute atomic E-state index is 12.6. The van der Waals surface area contributed by atoms with Crippen molar-refractivity contribution in [2.45, 2.75) is 19.6 Å². The normalized spacial score (nSPS) is 13.5. The zero-order valence-electron chi connectivity index (χ0n) is 15.9. The van der Waals surface area contributed by atoms with Crippen molar-refractivity contribution in [2.24, 2.45) is 5.92 Å². The highest BCUT2D eigenvalue weighted by Crippen LogP contribution is 2.26. The van der Waals surface area contributed by atoms with Gasteiger partial charge in [-0.2, -0.15) is 0 Å². The standard InChI is InChI=1S/C21H24N2O4S/c1-15(2)12-22-28(25,26)14-16-6-5-8-19(10-16)23-21(24)18-11-17-7-3-4-9-20(17)27-13-18/h3-11,15,22H,12-14H2,1-2H3,(H,23,24). The topological polar surface area (TPSA) is 84.5 Å². The molecule has 0 radical (unpaired) electrons. The molecule has 0 saturated carbocycles. The number of carbonyl (C=O) groups is 1. The van der Waals surface area contributed by atoms with Crippen molar-refractivity contribution in [2.75, 3.05) is 18.5 Å². The van der Waals surface area contributed by atoms with Gasteiger partial charge in [0.25, 0.3) is 5.91 Å². The summed E-state index contributed by atoms with van der Waals surface area (Å²) >= 11 is 0. The maximum atomic E-state index is 12.6. The summed E-state index contributed by atoms with van der Waals surface area (Å²) in [6.45, 7) is 4.48. The van der Waals surface area contributed by atoms with E-state index < -0.39 is 10.0 Å². The number of nitrogens with one attached hydrogen (secondary N) is 2. The fraction of sp³-hybridized carbons (Fsp3) is 0.286. The molecule has 1 amide bonds. The van der Waals surface area contributed by atoms with Gasteiger partial charge in [0.05, 0.1) is 11.3 Å². The highest BCUT2D eigenvalue weighted by molar-refractivity contribution is 7.88. The summed E-state index contributed by atoms with van der Waals surface area (Å²) in [5, 5.41) is 2.82. The van der Waals surface area contributed by atoms with Gasteiger partial charge >= 0.3 is 0 Å². The van der Waals surface area contributed by atoms with Gasteiger partial charge in [0.15, 0.2) is 0 Å². The van der Waals surface area contributed by atoms with E-state index in [9.17, 15) is 13.2 Å². The van der Waals surface area contributed by atoms with Crippen molar-refractivity contribution in [3.63, 3.8) is 0 Å². The number of benzene rings is 2. The minimum Gasteiger partial charge on any atom is -0.488 e. The molecule has 7 heteroatoms. The van der Waals surface area contributed by atoms with Crippen LogP contribution in [0.25, 0.3) is 6.08 Å². The molecule has 148 valence electrons. The van der Waals surface area contributed by atoms with Crippen LogP contribution in [0.2, 0.25) is 0 Å². The van der Waals surface area contributed by atoms with Gasteiger partial charge in [0.2, 0.25) is 10.0 Å². The Hall–Kier alpha value is -2.64. The van der Waals surface area contributed by atoms with Crippen LogP contribution in [0.15, 0.2) is 54.1 Å². The third-order valence-electron chi connectivity index (χ3n) is 4.18. The summed E-state index contributed by atoms with van der Waals surface area (Å²) in [5.41, 5.74) is 2.51. The average Bonchev–Trinajstić information content (AvgIpc) is 2.66. The molecule has 0 spiro atoms. The zero-order chi connectivity index (χ0) is 20.1. The lowest BCUT2D eigenvalue weighted by atomic mass is 10.1. The molecule has 0 aliphatic carbocycles. The van der Waals surface area contributed by atoms with Crippen molar-refractivity contribution in [3.8, 4) is 5.75 Å². The number of sulfonamides is 1. The number of fused-ring (bicyclic) bond motifs is 1. The van der Waals surface area contributed by atoms with Crippen LogP contribution < -0.4 is 14.8 Å². The van der Waals surface area contributed by atoms with E-state index in [1.54, 1.807) is 30.3 Å². The van der Waals surface area contributed by atoms with Crippen molar-refractivity contribution >= 4 is 27.7 Å². The smallest absolute Gasteiger partial charge is 0.255 e. The number of hydrogen-bond donors (Lipinski definition) is 2. The van der Waals surface area contributed by atoms with Crippen LogP contribution in [-0.4, -0.2) is 27.5 Å². The predicted octanol–water partition coefficient (Wildman–Crippen LogP) is 3.18. The Morgan fingerprint density at radius 2 is 1.93 bits per heavy atom. The van der Waals surface area contributed by atoms with Gasteiger partial charge in [-0.15, -0.1) is 0 Å². The van der Waals surface area contributed by atoms with Gasteiger partial charge in [0.1, 0.15) is 12.4 Å². The van der Waals surface area contributed by atoms with Gasteiger partial charge in [-0.05, 0) is 35.8 Å². The monoisotopic (exact) mass is 400 g/mol. The Morgan fingerprint density at radius 3 is 2.71 bits per heavy atom. The van der Waals surface area contributed by atoms with E-state index in [1.165, 1.54) is 0 Å². The lowest BCUT2D eigenvalue weighted by molar-refractivity contribution is -0.113. The predicted molar refractivity (Wildman–Crippen MR) is 110 cm³/mol. The summed E-state index contributed by atoms with van der Waals surface area (Å²) in [5.74, 6) is 0.576. The molecule has 2 aromatic rings. The third-order valence-corrected chi connectivity index (χ3v) is 5.50. The molecule has 6 nitrogen and oxygen atoms in total. The quantitative estimate of drug-likeness (QED) is 0.748. The number of rotatable bonds is 7. The van der Waals surface area contributed by atoms with E-state index in [1.807, 2.05) is 38.1 Å². The highest BCUT2D eigenvalue weighted by Gasteiger charge is 2.18. The molecule has 0 fully saturated rings. The molecule has 1 aliphatic rings. The molecule has 0 unspecified atom stereocenters. The van der Waals surface area contributed by atoms with Gasteiger partial charge in [-0.25, -0.2) is 13.1 Å². The highest BCUT2D eigenvalue weighted by atomic mass is 32.2. The third kappa shape index (κ3) is 5.43. The maximum Gasteiger partial charge on any atom is 0.255 e. The van der Waals surface area contributed by atoms with Crippen LogP contribution in [0.5, 0.6) is 5.75 Å². The van der Waals surface area contributed by atoms with E-state index >= 15 is 0 Å². The fourth-order valence-corrected chi connectivity index (χ4v) is 4.07. The number of amides is 1. The van der Waals surface area contributed by atoms with Gasteiger partial charge in [-0.1, -0.05) is 44.2 Å². The van der Waals surface area contributed by atoms with E-state index in [4.69, 9.17) is 4.74 Å². The number of carbonyl (C=O) groups excluding carboxylic acids is 1. The molecule has 2 aromatic carbocycles. The minimum absolute atomic E-state index is 0.136. The summed E-state index contributed by atoms with van der Waals surface area (Å²) in [7, 11) is -3.42. The lowest BCUT2D eigenvalue weighted by Crippen LogP contribution is -2.28. The Bertz CT molecular complexity index is 997. The number of para-hydroxylation sites is 1. The van der Waals surface area contributed by atoms with Crippen molar-refractivity contribution < 1.29 is 17.9 Å². The van der Waals surface area contributed by atoms with E-state index in [2.05, 4.69) is 10.0 Å². The Balaban J connectivity index is 1.68. The Morgan fingerprint density at radius 1 is 1.14 bits per heavy atom. The second-order valence-electron chi connectivity index (χ2n) is 7.15. The molecule has 1 heterocycles. The second-order valence-corrected chi connectivity index (χ2v) is 8.96. The van der Waals surface area contributed by atoms with Crippen LogP contribution in [0.3, 0.4) is 0 Å². The van der Waals surface area contributed by atoms with Crippen LogP contribution in [0, 0.1) is 5.92 Å². The van der Waals surface area contributed by atoms with Crippen molar-refractivity contribution in [3.05, 3.63) is 65.2 Å². The minimum atomic E-state index is -3.42. The van der Waals surface area contributed by atoms with Crippen LogP contribution >= 0.6 is 0 Å². The number of ether oxygens (including phenoxy) is 1. The largest absolute Gasteiger partial charge is 0.488 e. The van der Waals surface area contributed by atoms with Crippen molar-refractivity contribution in [1.82, 2.24) is 4.72 Å². The van der Waals surface area contributed by atoms with Gasteiger partial charge in [0, 0.05) is 17.8 Å². The average molecular weight is 401 g/mol. The van der Waals surface area contributed by atoms with Crippen LogP contribution in [0.4, 0.5) is 5.69 Å². The van der Waals surface area contributed by atoms with Gasteiger partial charge in [-0.3, -0.25) is 4.79 Å². The van der Waals surface area contributed by atoms with E-state index in [0.717, 1.165) is 11.3 Å². The Labute approximate surface area is 165 Å². The van der Waals surface area contributed by atoms with E-state index in [0.29, 0.717) is 23.4 Å². The molecule has 1 aliphatic heterocycles. The molecule has 0 aromatic heterocycles. The SMILES string of the molecule is CC(C)CNS(=O)(=O)Cc1cccc(NC(=O)C2=Cc3ccccc3OC2)c1. The lowest BCUT2D eigenvalue weighted by Gasteiger charge is -2.17. The summed E-state index contributed by atoms with van der Waals surface area (Å²) in [6, 6.07) is 14.4. The molecular weight excluding hydrogens is 376 g/mol. The molecule has 3 rings (SSSR count). The molecule has 2 N–H and O–H groups in total. The number of hydrogen-bond acceptors (Lipinski definition) is 4. The molecule has 0 bridgehead atoms. The summed E-state index contributed by atoms with van der Waals surface area (Å²) in [4.78, 5) is 12.6. The first-order valence-corrected chi connectivity index (χ1v) is 10.8. The summed E-state index contributed by atoms with van der Waals surface area (Å²) in [6.07, 6.45) is 1.80. The first-order chi connectivity index (χ1) is 13.3. The number of anilines is 1. The van der Waals surface area contributed by atoms with E-state index in [-0.39, 0.29) is 24.2 Å². The molecule has 28 heavy (non-hydrogen) atoms. The van der Waals surface area contributed by atoms with Crippen molar-refractivity contribution in [1.29, 1.82) is 0 Å². The zero-order valence-corrected chi connectivity index (χ0v) is 16.8. The molecule has 0 atom stereocenters.